The van der Waals surface area contributed by atoms with Gasteiger partial charge < -0.3 is 10.0 Å². The van der Waals surface area contributed by atoms with Gasteiger partial charge in [-0.05, 0) is 31.9 Å². The Morgan fingerprint density at radius 3 is 2.53 bits per heavy atom. The molecule has 0 spiro atoms. The maximum atomic E-state index is 9.68. The van der Waals surface area contributed by atoms with Crippen LogP contribution in [0.25, 0.3) is 0 Å². The van der Waals surface area contributed by atoms with Crippen LogP contribution >= 0.6 is 0 Å². The Labute approximate surface area is 104 Å². The molecule has 3 nitrogen and oxygen atoms in total. The van der Waals surface area contributed by atoms with Gasteiger partial charge in [0.2, 0.25) is 0 Å². The third-order valence-corrected chi connectivity index (χ3v) is 3.03. The molecule has 1 aromatic rings. The van der Waals surface area contributed by atoms with Gasteiger partial charge in [-0.25, -0.2) is 0 Å². The lowest BCUT2D eigenvalue weighted by molar-refractivity contribution is 0.169. The quantitative estimate of drug-likeness (QED) is 0.790. The molecule has 1 atom stereocenters. The van der Waals surface area contributed by atoms with E-state index in [0.29, 0.717) is 6.42 Å². The van der Waals surface area contributed by atoms with Crippen molar-refractivity contribution in [2.75, 3.05) is 18.0 Å². The fourth-order valence-electron chi connectivity index (χ4n) is 1.81. The number of aliphatic hydroxyl groups excluding tert-OH is 1. The molecule has 0 unspecified atom stereocenters. The number of hydrogen-bond acceptors (Lipinski definition) is 3. The van der Waals surface area contributed by atoms with Crippen LogP contribution in [0.3, 0.4) is 0 Å². The summed E-state index contributed by atoms with van der Waals surface area (Å²) < 4.78 is 0. The monoisotopic (exact) mass is 236 g/mol. The lowest BCUT2D eigenvalue weighted by Crippen LogP contribution is -2.24. The maximum Gasteiger partial charge on any atom is 0.0957 e. The summed E-state index contributed by atoms with van der Waals surface area (Å²) >= 11 is 0. The van der Waals surface area contributed by atoms with Crippen molar-refractivity contribution < 1.29 is 5.11 Å². The van der Waals surface area contributed by atoms with Gasteiger partial charge in [-0.15, -0.1) is 0 Å². The highest BCUT2D eigenvalue weighted by Crippen LogP contribution is 2.18. The van der Waals surface area contributed by atoms with Crippen LogP contribution in [0.4, 0.5) is 5.69 Å². The highest BCUT2D eigenvalue weighted by molar-refractivity contribution is 5.44. The van der Waals surface area contributed by atoms with E-state index < -0.39 is 6.10 Å². The van der Waals surface area contributed by atoms with Crippen molar-refractivity contribution in [2.45, 2.75) is 46.1 Å². The zero-order valence-electron chi connectivity index (χ0n) is 11.2. The zero-order valence-corrected chi connectivity index (χ0v) is 11.2. The topological polar surface area (TPSA) is 36.4 Å². The highest BCUT2D eigenvalue weighted by atomic mass is 16.3. The van der Waals surface area contributed by atoms with Crippen molar-refractivity contribution in [1.82, 2.24) is 4.98 Å². The molecular formula is C14H24N2O. The average molecular weight is 236 g/mol. The minimum atomic E-state index is -0.435. The molecule has 0 saturated carbocycles. The van der Waals surface area contributed by atoms with E-state index in [0.717, 1.165) is 24.5 Å². The third-order valence-electron chi connectivity index (χ3n) is 3.03. The zero-order chi connectivity index (χ0) is 12.7. The smallest absolute Gasteiger partial charge is 0.0957 e. The van der Waals surface area contributed by atoms with E-state index in [1.54, 1.807) is 0 Å². The van der Waals surface area contributed by atoms with Crippen LogP contribution in [0.15, 0.2) is 18.3 Å². The Balaban J connectivity index is 2.70. The van der Waals surface area contributed by atoms with Crippen LogP contribution in [0.5, 0.6) is 0 Å². The molecule has 0 saturated heterocycles. The van der Waals surface area contributed by atoms with Gasteiger partial charge in [0.25, 0.3) is 0 Å². The van der Waals surface area contributed by atoms with E-state index in [1.165, 1.54) is 12.8 Å². The normalized spacial score (nSPS) is 12.5. The molecule has 1 aromatic heterocycles. The van der Waals surface area contributed by atoms with Crippen LogP contribution in [0.2, 0.25) is 0 Å². The summed E-state index contributed by atoms with van der Waals surface area (Å²) in [5.74, 6) is 0. The Morgan fingerprint density at radius 1 is 1.29 bits per heavy atom. The van der Waals surface area contributed by atoms with E-state index >= 15 is 0 Å². The van der Waals surface area contributed by atoms with Gasteiger partial charge >= 0.3 is 0 Å². The van der Waals surface area contributed by atoms with Gasteiger partial charge in [0.1, 0.15) is 0 Å². The minimum absolute atomic E-state index is 0.435. The molecule has 0 aliphatic heterocycles. The van der Waals surface area contributed by atoms with Gasteiger partial charge in [0.15, 0.2) is 0 Å². The number of unbranched alkanes of at least 4 members (excludes halogenated alkanes) is 1. The summed E-state index contributed by atoms with van der Waals surface area (Å²) in [5.41, 5.74) is 1.91. The molecular weight excluding hydrogens is 212 g/mol. The SMILES string of the molecule is CCCCN(CC)c1ccc([C@H](O)CC)nc1. The molecule has 0 bridgehead atoms. The molecule has 0 amide bonds. The number of rotatable bonds is 7. The lowest BCUT2D eigenvalue weighted by Gasteiger charge is -2.22. The Hall–Kier alpha value is -1.09. The van der Waals surface area contributed by atoms with Crippen molar-refractivity contribution in [2.24, 2.45) is 0 Å². The second-order valence-corrected chi connectivity index (χ2v) is 4.30. The minimum Gasteiger partial charge on any atom is -0.387 e. The van der Waals surface area contributed by atoms with E-state index in [9.17, 15) is 5.11 Å². The molecule has 0 aliphatic rings. The molecule has 0 fully saturated rings. The maximum absolute atomic E-state index is 9.68. The van der Waals surface area contributed by atoms with Crippen LogP contribution < -0.4 is 4.90 Å². The molecule has 96 valence electrons. The number of nitrogens with zero attached hydrogens (tertiary/aromatic N) is 2. The van der Waals surface area contributed by atoms with Gasteiger partial charge in [-0.2, -0.15) is 0 Å². The first kappa shape index (κ1) is 14.0. The first-order valence-corrected chi connectivity index (χ1v) is 6.61. The first-order chi connectivity index (χ1) is 8.22. The predicted octanol–water partition coefficient (Wildman–Crippen LogP) is 3.15. The molecule has 3 heteroatoms. The Morgan fingerprint density at radius 2 is 2.06 bits per heavy atom. The number of aromatic nitrogens is 1. The predicted molar refractivity (Wildman–Crippen MR) is 72.3 cm³/mol. The van der Waals surface area contributed by atoms with Crippen molar-refractivity contribution in [3.63, 3.8) is 0 Å². The molecule has 0 aliphatic carbocycles. The van der Waals surface area contributed by atoms with Gasteiger partial charge in [-0.1, -0.05) is 20.3 Å². The first-order valence-electron chi connectivity index (χ1n) is 6.61. The van der Waals surface area contributed by atoms with Gasteiger partial charge in [-0.3, -0.25) is 4.98 Å². The fraction of sp³-hybridized carbons (Fsp3) is 0.643. The van der Waals surface area contributed by atoms with Crippen LogP contribution in [-0.4, -0.2) is 23.2 Å². The number of hydrogen-bond donors (Lipinski definition) is 1. The van der Waals surface area contributed by atoms with Gasteiger partial charge in [0, 0.05) is 13.1 Å². The fourth-order valence-corrected chi connectivity index (χ4v) is 1.81. The van der Waals surface area contributed by atoms with Crippen LogP contribution in [-0.2, 0) is 0 Å². The van der Waals surface area contributed by atoms with Crippen molar-refractivity contribution in [3.8, 4) is 0 Å². The van der Waals surface area contributed by atoms with E-state index in [1.807, 2.05) is 19.2 Å². The van der Waals surface area contributed by atoms with E-state index in [2.05, 4.69) is 29.8 Å². The molecule has 17 heavy (non-hydrogen) atoms. The molecule has 1 N–H and O–H groups in total. The summed E-state index contributed by atoms with van der Waals surface area (Å²) in [7, 11) is 0. The van der Waals surface area contributed by atoms with Crippen molar-refractivity contribution >= 4 is 5.69 Å². The summed E-state index contributed by atoms with van der Waals surface area (Å²) in [5, 5.41) is 9.68. The van der Waals surface area contributed by atoms with Gasteiger partial charge in [0.05, 0.1) is 23.7 Å². The van der Waals surface area contributed by atoms with Crippen molar-refractivity contribution in [3.05, 3.63) is 24.0 Å². The van der Waals surface area contributed by atoms with E-state index in [4.69, 9.17) is 0 Å². The summed E-state index contributed by atoms with van der Waals surface area (Å²) in [6.45, 7) is 8.39. The highest BCUT2D eigenvalue weighted by Gasteiger charge is 2.08. The Kier molecular flexibility index (Phi) is 5.98. The number of pyridine rings is 1. The summed E-state index contributed by atoms with van der Waals surface area (Å²) in [6, 6.07) is 3.98. The van der Waals surface area contributed by atoms with Crippen LogP contribution in [0.1, 0.15) is 51.8 Å². The van der Waals surface area contributed by atoms with E-state index in [-0.39, 0.29) is 0 Å². The molecule has 0 aromatic carbocycles. The third kappa shape index (κ3) is 4.00. The second-order valence-electron chi connectivity index (χ2n) is 4.30. The summed E-state index contributed by atoms with van der Waals surface area (Å²) in [6.07, 6.45) is 4.55. The lowest BCUT2D eigenvalue weighted by atomic mass is 10.2. The largest absolute Gasteiger partial charge is 0.387 e. The standard InChI is InChI=1S/C14H24N2O/c1-4-7-10-16(6-3)12-8-9-13(15-11-12)14(17)5-2/h8-9,11,14,17H,4-7,10H2,1-3H3/t14-/m1/s1. The van der Waals surface area contributed by atoms with Crippen LogP contribution in [0, 0.1) is 0 Å². The Bertz CT molecular complexity index is 311. The molecule has 1 heterocycles. The molecule has 1 rings (SSSR count). The van der Waals surface area contributed by atoms with Crippen molar-refractivity contribution in [1.29, 1.82) is 0 Å². The average Bonchev–Trinajstić information content (AvgIpc) is 2.39. The number of anilines is 1. The molecule has 0 radical (unpaired) electrons. The summed E-state index contributed by atoms with van der Waals surface area (Å²) in [4.78, 5) is 6.65. The number of aliphatic hydroxyl groups is 1. The second kappa shape index (κ2) is 7.28.